The van der Waals surface area contributed by atoms with E-state index in [-0.39, 0.29) is 5.54 Å². The third-order valence-electron chi connectivity index (χ3n) is 3.25. The van der Waals surface area contributed by atoms with Crippen molar-refractivity contribution in [1.82, 2.24) is 15.3 Å². The van der Waals surface area contributed by atoms with Gasteiger partial charge in [-0.2, -0.15) is 10.2 Å². The van der Waals surface area contributed by atoms with Crippen LogP contribution in [-0.4, -0.2) is 48.3 Å². The van der Waals surface area contributed by atoms with Crippen molar-refractivity contribution in [3.05, 3.63) is 11.8 Å². The number of carbonyl (C=O) groups excluding carboxylic acids is 1. The van der Waals surface area contributed by atoms with E-state index in [0.717, 1.165) is 0 Å². The predicted octanol–water partition coefficient (Wildman–Crippen LogP) is -0.311. The van der Waals surface area contributed by atoms with Gasteiger partial charge in [-0.1, -0.05) is 0 Å². The van der Waals surface area contributed by atoms with Crippen molar-refractivity contribution in [2.24, 2.45) is 0 Å². The Bertz CT molecular complexity index is 575. The molecular weight excluding hydrogens is 248 g/mol. The Hall–Kier alpha value is -2.56. The number of carbonyl (C=O) groups is 1. The second kappa shape index (κ2) is 3.98. The first-order chi connectivity index (χ1) is 9.15. The lowest BCUT2D eigenvalue weighted by molar-refractivity contribution is 0.167. The molecule has 0 bridgehead atoms. The predicted molar refractivity (Wildman–Crippen MR) is 65.7 cm³/mol. The molecule has 8 nitrogen and oxygen atoms in total. The lowest BCUT2D eigenvalue weighted by atomic mass is 9.91. The van der Waals surface area contributed by atoms with Gasteiger partial charge in [-0.3, -0.25) is 0 Å². The zero-order valence-corrected chi connectivity index (χ0v) is 10.3. The molecule has 0 saturated carbocycles. The van der Waals surface area contributed by atoms with Gasteiger partial charge in [-0.25, -0.2) is 9.78 Å². The van der Waals surface area contributed by atoms with Gasteiger partial charge in [-0.15, -0.1) is 0 Å². The van der Waals surface area contributed by atoms with E-state index >= 15 is 0 Å². The SMILES string of the molecule is CNc1ncc(C#N)c(N2CC3(COC(=O)N3)C2)n1. The number of alkyl carbamates (subject to hydrolysis) is 1. The van der Waals surface area contributed by atoms with Crippen molar-refractivity contribution >= 4 is 17.9 Å². The molecular formula is C11H12N6O2. The molecule has 0 aromatic carbocycles. The zero-order chi connectivity index (χ0) is 13.5. The number of aromatic nitrogens is 2. The maximum Gasteiger partial charge on any atom is 0.407 e. The number of amides is 1. The number of nitriles is 1. The summed E-state index contributed by atoms with van der Waals surface area (Å²) in [5, 5.41) is 14.7. The summed E-state index contributed by atoms with van der Waals surface area (Å²) in [4.78, 5) is 21.3. The minimum absolute atomic E-state index is 0.339. The van der Waals surface area contributed by atoms with Crippen molar-refractivity contribution < 1.29 is 9.53 Å². The number of cyclic esters (lactones) is 1. The highest BCUT2D eigenvalue weighted by Crippen LogP contribution is 2.31. The van der Waals surface area contributed by atoms with Crippen LogP contribution in [0.5, 0.6) is 0 Å². The number of hydrogen-bond donors (Lipinski definition) is 2. The van der Waals surface area contributed by atoms with Gasteiger partial charge in [0.15, 0.2) is 5.82 Å². The first-order valence-electron chi connectivity index (χ1n) is 5.80. The monoisotopic (exact) mass is 260 g/mol. The van der Waals surface area contributed by atoms with Crippen LogP contribution in [0.2, 0.25) is 0 Å². The number of nitrogens with one attached hydrogen (secondary N) is 2. The van der Waals surface area contributed by atoms with Crippen LogP contribution < -0.4 is 15.5 Å². The van der Waals surface area contributed by atoms with E-state index in [4.69, 9.17) is 10.00 Å². The van der Waals surface area contributed by atoms with E-state index in [1.807, 2.05) is 4.90 Å². The third kappa shape index (κ3) is 1.79. The van der Waals surface area contributed by atoms with Gasteiger partial charge >= 0.3 is 6.09 Å². The molecule has 2 N–H and O–H groups in total. The summed E-state index contributed by atoms with van der Waals surface area (Å²) < 4.78 is 4.91. The highest BCUT2D eigenvalue weighted by atomic mass is 16.6. The van der Waals surface area contributed by atoms with Crippen LogP contribution in [0, 0.1) is 11.3 Å². The highest BCUT2D eigenvalue weighted by molar-refractivity contribution is 5.72. The topological polar surface area (TPSA) is 103 Å². The van der Waals surface area contributed by atoms with E-state index in [1.165, 1.54) is 6.20 Å². The lowest BCUT2D eigenvalue weighted by Gasteiger charge is -2.46. The Morgan fingerprint density at radius 1 is 1.63 bits per heavy atom. The Labute approximate surface area is 109 Å². The average molecular weight is 260 g/mol. The van der Waals surface area contributed by atoms with Gasteiger partial charge in [0.25, 0.3) is 0 Å². The Balaban J connectivity index is 1.81. The third-order valence-corrected chi connectivity index (χ3v) is 3.25. The summed E-state index contributed by atoms with van der Waals surface area (Å²) in [5.74, 6) is 1.04. The number of rotatable bonds is 2. The average Bonchev–Trinajstić information content (AvgIpc) is 2.78. The van der Waals surface area contributed by atoms with E-state index in [1.54, 1.807) is 7.05 Å². The molecule has 8 heteroatoms. The summed E-state index contributed by atoms with van der Waals surface area (Å²) in [5.41, 5.74) is 0.0771. The first kappa shape index (κ1) is 11.5. The van der Waals surface area contributed by atoms with Crippen LogP contribution >= 0.6 is 0 Å². The molecule has 98 valence electrons. The molecule has 19 heavy (non-hydrogen) atoms. The molecule has 3 rings (SSSR count). The molecule has 2 aliphatic heterocycles. The summed E-state index contributed by atoms with van der Waals surface area (Å²) >= 11 is 0. The largest absolute Gasteiger partial charge is 0.447 e. The Morgan fingerprint density at radius 2 is 2.42 bits per heavy atom. The van der Waals surface area contributed by atoms with Gasteiger partial charge in [0.1, 0.15) is 23.8 Å². The Kier molecular flexibility index (Phi) is 2.41. The van der Waals surface area contributed by atoms with Crippen LogP contribution in [0.15, 0.2) is 6.20 Å². The first-order valence-corrected chi connectivity index (χ1v) is 5.80. The van der Waals surface area contributed by atoms with Gasteiger partial charge in [-0.05, 0) is 0 Å². The van der Waals surface area contributed by atoms with E-state index < -0.39 is 6.09 Å². The van der Waals surface area contributed by atoms with Crippen LogP contribution in [-0.2, 0) is 4.74 Å². The summed E-state index contributed by atoms with van der Waals surface area (Å²) in [6.45, 7) is 1.51. The molecule has 0 unspecified atom stereocenters. The van der Waals surface area contributed by atoms with Crippen molar-refractivity contribution in [1.29, 1.82) is 5.26 Å². The van der Waals surface area contributed by atoms with Crippen molar-refractivity contribution in [3.8, 4) is 6.07 Å². The fourth-order valence-corrected chi connectivity index (χ4v) is 2.31. The van der Waals surface area contributed by atoms with E-state index in [2.05, 4.69) is 26.7 Å². The smallest absolute Gasteiger partial charge is 0.407 e. The van der Waals surface area contributed by atoms with Gasteiger partial charge in [0, 0.05) is 20.1 Å². The van der Waals surface area contributed by atoms with Crippen molar-refractivity contribution in [2.45, 2.75) is 5.54 Å². The second-order valence-electron chi connectivity index (χ2n) is 4.63. The Morgan fingerprint density at radius 3 is 3.00 bits per heavy atom. The van der Waals surface area contributed by atoms with E-state index in [9.17, 15) is 4.79 Å². The maximum absolute atomic E-state index is 11.1. The molecule has 2 saturated heterocycles. The molecule has 2 aliphatic rings. The maximum atomic E-state index is 11.1. The van der Waals surface area contributed by atoms with Gasteiger partial charge in [0.05, 0.1) is 6.20 Å². The molecule has 1 aromatic rings. The fraction of sp³-hybridized carbons (Fsp3) is 0.455. The highest BCUT2D eigenvalue weighted by Gasteiger charge is 2.50. The fourth-order valence-electron chi connectivity index (χ4n) is 2.31. The van der Waals surface area contributed by atoms with Crippen LogP contribution in [0.3, 0.4) is 0 Å². The van der Waals surface area contributed by atoms with E-state index in [0.29, 0.717) is 37.0 Å². The van der Waals surface area contributed by atoms with Crippen LogP contribution in [0.1, 0.15) is 5.56 Å². The number of nitrogens with zero attached hydrogens (tertiary/aromatic N) is 4. The summed E-state index contributed by atoms with van der Waals surface area (Å²) in [7, 11) is 1.72. The van der Waals surface area contributed by atoms with Crippen LogP contribution in [0.25, 0.3) is 0 Å². The molecule has 3 heterocycles. The van der Waals surface area contributed by atoms with Crippen LogP contribution in [0.4, 0.5) is 16.6 Å². The molecule has 2 fully saturated rings. The molecule has 0 radical (unpaired) electrons. The number of hydrogen-bond acceptors (Lipinski definition) is 7. The molecule has 1 aromatic heterocycles. The lowest BCUT2D eigenvalue weighted by Crippen LogP contribution is -2.69. The minimum Gasteiger partial charge on any atom is -0.447 e. The molecule has 0 atom stereocenters. The molecule has 1 amide bonds. The minimum atomic E-state index is -0.390. The van der Waals surface area contributed by atoms with Crippen molar-refractivity contribution in [3.63, 3.8) is 0 Å². The second-order valence-corrected chi connectivity index (χ2v) is 4.63. The van der Waals surface area contributed by atoms with Crippen molar-refractivity contribution in [2.75, 3.05) is 37.0 Å². The van der Waals surface area contributed by atoms with Gasteiger partial charge in [0.2, 0.25) is 5.95 Å². The zero-order valence-electron chi connectivity index (χ0n) is 10.3. The quantitative estimate of drug-likeness (QED) is 0.751. The standard InChI is InChI=1S/C11H12N6O2/c1-13-9-14-3-7(2-12)8(15-9)17-4-11(5-17)6-19-10(18)16-11/h3H,4-6H2,1H3,(H,16,18)(H,13,14,15). The summed E-state index contributed by atoms with van der Waals surface area (Å²) in [6.07, 6.45) is 1.10. The van der Waals surface area contributed by atoms with Gasteiger partial charge < -0.3 is 20.3 Å². The normalized spacial score (nSPS) is 19.4. The number of ether oxygens (including phenoxy) is 1. The molecule has 1 spiro atoms. The summed E-state index contributed by atoms with van der Waals surface area (Å²) in [6, 6.07) is 2.07. The number of anilines is 2. The molecule has 0 aliphatic carbocycles.